The fourth-order valence-corrected chi connectivity index (χ4v) is 4.61. The van der Waals surface area contributed by atoms with Gasteiger partial charge in [-0.3, -0.25) is 4.79 Å². The first-order chi connectivity index (χ1) is 16.6. The van der Waals surface area contributed by atoms with E-state index in [1.807, 2.05) is 89.8 Å². The molecule has 0 bridgehead atoms. The summed E-state index contributed by atoms with van der Waals surface area (Å²) < 4.78 is 6.30. The van der Waals surface area contributed by atoms with Crippen molar-refractivity contribution in [3.05, 3.63) is 131 Å². The van der Waals surface area contributed by atoms with E-state index in [1.165, 1.54) is 5.56 Å². The molecule has 1 unspecified atom stereocenters. The summed E-state index contributed by atoms with van der Waals surface area (Å²) >= 11 is 0. The van der Waals surface area contributed by atoms with Crippen molar-refractivity contribution in [2.75, 3.05) is 11.9 Å². The average molecular weight is 449 g/mol. The van der Waals surface area contributed by atoms with Crippen LogP contribution >= 0.6 is 0 Å². The number of amides is 1. The minimum Gasteiger partial charge on any atom is -0.488 e. The summed E-state index contributed by atoms with van der Waals surface area (Å²) in [6.45, 7) is 3.10. The number of benzene rings is 4. The molecule has 0 spiro atoms. The van der Waals surface area contributed by atoms with Gasteiger partial charge >= 0.3 is 0 Å². The topological polar surface area (TPSA) is 41.6 Å². The Morgan fingerprint density at radius 3 is 2.15 bits per heavy atom. The molecule has 0 aromatic heterocycles. The van der Waals surface area contributed by atoms with Crippen LogP contribution in [0.3, 0.4) is 0 Å². The number of ether oxygens (including phenoxy) is 1. The highest BCUT2D eigenvalue weighted by molar-refractivity contribution is 6.02. The molecule has 170 valence electrons. The van der Waals surface area contributed by atoms with Crippen LogP contribution in [-0.4, -0.2) is 17.4 Å². The largest absolute Gasteiger partial charge is 0.488 e. The number of nitrogens with zero attached hydrogens (tertiary/aromatic N) is 1. The molecular formula is C30H28N2O2. The van der Waals surface area contributed by atoms with Crippen molar-refractivity contribution in [3.8, 4) is 5.75 Å². The van der Waals surface area contributed by atoms with Gasteiger partial charge in [-0.1, -0.05) is 91.0 Å². The van der Waals surface area contributed by atoms with Crippen LogP contribution in [0, 0.1) is 0 Å². The summed E-state index contributed by atoms with van der Waals surface area (Å²) in [7, 11) is 0. The maximum Gasteiger partial charge on any atom is 0.258 e. The van der Waals surface area contributed by atoms with Gasteiger partial charge in [0.2, 0.25) is 0 Å². The average Bonchev–Trinajstić information content (AvgIpc) is 2.89. The molecule has 1 aliphatic heterocycles. The Balaban J connectivity index is 1.51. The molecule has 1 heterocycles. The zero-order chi connectivity index (χ0) is 23.4. The van der Waals surface area contributed by atoms with Gasteiger partial charge in [-0.2, -0.15) is 0 Å². The molecule has 4 nitrogen and oxygen atoms in total. The molecule has 1 N–H and O–H groups in total. The quantitative estimate of drug-likeness (QED) is 0.363. The number of hydrogen-bond donors (Lipinski definition) is 1. The molecule has 4 heteroatoms. The fourth-order valence-electron chi connectivity index (χ4n) is 4.61. The normalized spacial score (nSPS) is 17.1. The Bertz CT molecular complexity index is 1270. The lowest BCUT2D eigenvalue weighted by Gasteiger charge is -2.47. The molecule has 5 rings (SSSR count). The molecule has 0 saturated heterocycles. The molecule has 0 saturated carbocycles. The molecule has 4 aromatic rings. The van der Waals surface area contributed by atoms with Crippen molar-refractivity contribution in [2.24, 2.45) is 0 Å². The summed E-state index contributed by atoms with van der Waals surface area (Å²) in [5.41, 5.74) is 3.99. The van der Waals surface area contributed by atoms with Gasteiger partial charge in [0.15, 0.2) is 0 Å². The van der Waals surface area contributed by atoms with E-state index in [4.69, 9.17) is 4.74 Å². The number of carbonyl (C=O) groups is 1. The Morgan fingerprint density at radius 1 is 0.765 bits per heavy atom. The number of rotatable bonds is 7. The molecule has 0 fully saturated rings. The van der Waals surface area contributed by atoms with E-state index in [-0.39, 0.29) is 5.91 Å². The molecule has 1 atom stereocenters. The van der Waals surface area contributed by atoms with Crippen LogP contribution in [0.15, 0.2) is 109 Å². The first-order valence-electron chi connectivity index (χ1n) is 11.6. The van der Waals surface area contributed by atoms with E-state index < -0.39 is 5.66 Å². The van der Waals surface area contributed by atoms with Crippen LogP contribution in [-0.2, 0) is 18.7 Å². The van der Waals surface area contributed by atoms with E-state index in [0.717, 1.165) is 29.0 Å². The lowest BCUT2D eigenvalue weighted by molar-refractivity contribution is 0.0532. The third-order valence-electron chi connectivity index (χ3n) is 6.44. The summed E-state index contributed by atoms with van der Waals surface area (Å²) in [6.07, 6.45) is 0.763. The van der Waals surface area contributed by atoms with E-state index in [0.29, 0.717) is 18.7 Å². The molecule has 0 aliphatic carbocycles. The molecule has 0 radical (unpaired) electrons. The second kappa shape index (κ2) is 9.44. The second-order valence-corrected chi connectivity index (χ2v) is 8.71. The van der Waals surface area contributed by atoms with Crippen LogP contribution in [0.5, 0.6) is 5.75 Å². The van der Waals surface area contributed by atoms with Gasteiger partial charge in [0.25, 0.3) is 5.91 Å². The number of hydrogen-bond acceptors (Lipinski definition) is 3. The first-order valence-corrected chi connectivity index (χ1v) is 11.6. The van der Waals surface area contributed by atoms with Crippen molar-refractivity contribution in [1.82, 2.24) is 4.90 Å². The third-order valence-corrected chi connectivity index (χ3v) is 6.44. The predicted octanol–water partition coefficient (Wildman–Crippen LogP) is 6.25. The summed E-state index contributed by atoms with van der Waals surface area (Å²) in [5, 5.41) is 3.67. The smallest absolute Gasteiger partial charge is 0.258 e. The lowest BCUT2D eigenvalue weighted by Crippen LogP contribution is -2.56. The highest BCUT2D eigenvalue weighted by Gasteiger charge is 2.43. The van der Waals surface area contributed by atoms with Crippen LogP contribution in [0.4, 0.5) is 5.69 Å². The Morgan fingerprint density at radius 2 is 1.38 bits per heavy atom. The van der Waals surface area contributed by atoms with E-state index in [9.17, 15) is 4.79 Å². The summed E-state index contributed by atoms with van der Waals surface area (Å²) in [5.74, 6) is 0.781. The van der Waals surface area contributed by atoms with Gasteiger partial charge in [-0.15, -0.1) is 0 Å². The first kappa shape index (κ1) is 21.8. The van der Waals surface area contributed by atoms with Crippen molar-refractivity contribution < 1.29 is 9.53 Å². The summed E-state index contributed by atoms with van der Waals surface area (Å²) in [4.78, 5) is 15.7. The monoisotopic (exact) mass is 448 g/mol. The van der Waals surface area contributed by atoms with Crippen LogP contribution in [0.1, 0.15) is 34.0 Å². The van der Waals surface area contributed by atoms with Gasteiger partial charge in [-0.25, -0.2) is 0 Å². The Labute approximate surface area is 200 Å². The zero-order valence-electron chi connectivity index (χ0n) is 19.3. The van der Waals surface area contributed by atoms with Gasteiger partial charge in [0.05, 0.1) is 5.56 Å². The Kier molecular flexibility index (Phi) is 6.05. The number of fused-ring (bicyclic) bond motifs is 1. The van der Waals surface area contributed by atoms with Crippen molar-refractivity contribution >= 4 is 11.6 Å². The van der Waals surface area contributed by atoms with E-state index >= 15 is 0 Å². The van der Waals surface area contributed by atoms with Crippen LogP contribution in [0.25, 0.3) is 0 Å². The molecule has 34 heavy (non-hydrogen) atoms. The summed E-state index contributed by atoms with van der Waals surface area (Å²) in [6, 6.07) is 36.1. The van der Waals surface area contributed by atoms with Gasteiger partial charge in [0, 0.05) is 17.8 Å². The van der Waals surface area contributed by atoms with Gasteiger partial charge in [0.1, 0.15) is 18.0 Å². The lowest BCUT2D eigenvalue weighted by atomic mass is 9.92. The maximum atomic E-state index is 13.8. The minimum atomic E-state index is -0.770. The van der Waals surface area contributed by atoms with Crippen molar-refractivity contribution in [3.63, 3.8) is 0 Å². The van der Waals surface area contributed by atoms with Gasteiger partial charge in [-0.05, 0) is 42.7 Å². The SMILES string of the molecule is CC1(c2ccccc2OCc2ccccc2)Nc2ccccc2C(=O)N1CCc1ccccc1. The number of nitrogens with one attached hydrogen (secondary N) is 1. The second-order valence-electron chi connectivity index (χ2n) is 8.71. The van der Waals surface area contributed by atoms with E-state index in [2.05, 4.69) is 36.5 Å². The van der Waals surface area contributed by atoms with Gasteiger partial charge < -0.3 is 15.0 Å². The highest BCUT2D eigenvalue weighted by atomic mass is 16.5. The zero-order valence-corrected chi connectivity index (χ0v) is 19.3. The minimum absolute atomic E-state index is 0.0191. The van der Waals surface area contributed by atoms with E-state index in [1.54, 1.807) is 0 Å². The van der Waals surface area contributed by atoms with Crippen LogP contribution < -0.4 is 10.1 Å². The number of carbonyl (C=O) groups excluding carboxylic acids is 1. The third kappa shape index (κ3) is 4.27. The van der Waals surface area contributed by atoms with Crippen molar-refractivity contribution in [2.45, 2.75) is 25.6 Å². The molecule has 4 aromatic carbocycles. The Hall–Kier alpha value is -4.05. The standard InChI is InChI=1S/C30H28N2O2/c1-30(26-17-9-11-19-28(26)34-22-24-14-6-3-7-15-24)31-27-18-10-8-16-25(27)29(33)32(30)21-20-23-12-4-2-5-13-23/h2-19,31H,20-22H2,1H3. The highest BCUT2D eigenvalue weighted by Crippen LogP contribution is 2.41. The number of para-hydroxylation sites is 2. The predicted molar refractivity (Wildman–Crippen MR) is 136 cm³/mol. The molecular weight excluding hydrogens is 420 g/mol. The molecule has 1 aliphatic rings. The fraction of sp³-hybridized carbons (Fsp3) is 0.167. The molecule has 1 amide bonds. The maximum absolute atomic E-state index is 13.8. The van der Waals surface area contributed by atoms with Crippen LogP contribution in [0.2, 0.25) is 0 Å². The number of anilines is 1. The van der Waals surface area contributed by atoms with Crippen molar-refractivity contribution in [1.29, 1.82) is 0 Å².